The van der Waals surface area contributed by atoms with E-state index in [1.165, 1.54) is 16.5 Å². The van der Waals surface area contributed by atoms with Crippen LogP contribution in [0.4, 0.5) is 5.69 Å². The average molecular weight is 532 g/mol. The summed E-state index contributed by atoms with van der Waals surface area (Å²) in [4.78, 5) is 37.2. The van der Waals surface area contributed by atoms with E-state index in [1.807, 2.05) is 18.2 Å². The predicted octanol–water partition coefficient (Wildman–Crippen LogP) is 4.61. The van der Waals surface area contributed by atoms with Crippen molar-refractivity contribution in [2.45, 2.75) is 38.5 Å². The van der Waals surface area contributed by atoms with E-state index < -0.39 is 11.9 Å². The number of aryl methyl sites for hydroxylation is 1. The topological polar surface area (TPSA) is 129 Å². The summed E-state index contributed by atoms with van der Waals surface area (Å²) in [7, 11) is 0. The number of benzene rings is 2. The van der Waals surface area contributed by atoms with E-state index in [1.54, 1.807) is 0 Å². The lowest BCUT2D eigenvalue weighted by molar-refractivity contribution is -0.159. The summed E-state index contributed by atoms with van der Waals surface area (Å²) in [5.41, 5.74) is 5.72. The first-order valence-electron chi connectivity index (χ1n) is 13.2. The third-order valence-corrected chi connectivity index (χ3v) is 6.74. The Labute approximate surface area is 227 Å². The van der Waals surface area contributed by atoms with Gasteiger partial charge in [0.1, 0.15) is 5.75 Å². The van der Waals surface area contributed by atoms with Crippen molar-refractivity contribution in [2.24, 2.45) is 0 Å². The van der Waals surface area contributed by atoms with Crippen molar-refractivity contribution in [3.63, 3.8) is 0 Å². The van der Waals surface area contributed by atoms with Gasteiger partial charge in [-0.1, -0.05) is 29.8 Å². The molecule has 3 aromatic rings. The first kappa shape index (κ1) is 27.8. The zero-order chi connectivity index (χ0) is 27.6. The molecule has 1 fully saturated rings. The van der Waals surface area contributed by atoms with Gasteiger partial charge in [0.05, 0.1) is 17.8 Å². The Morgan fingerprint density at radius 3 is 2.51 bits per heavy atom. The Bertz CT molecular complexity index is 1350. The number of likely N-dealkylation sites (tertiary alicyclic amines) is 1. The molecule has 1 saturated heterocycles. The van der Waals surface area contributed by atoms with Crippen LogP contribution in [-0.2, 0) is 20.8 Å². The minimum absolute atomic E-state index is 0.107. The van der Waals surface area contributed by atoms with Gasteiger partial charge in [-0.15, -0.1) is 0 Å². The molecule has 0 atom stereocenters. The van der Waals surface area contributed by atoms with Crippen molar-refractivity contribution in [2.75, 3.05) is 31.6 Å². The number of nitrogens with zero attached hydrogens (tertiary/aromatic N) is 2. The van der Waals surface area contributed by atoms with E-state index in [-0.39, 0.29) is 5.91 Å². The largest absolute Gasteiger partial charge is 0.494 e. The van der Waals surface area contributed by atoms with Gasteiger partial charge in [-0.25, -0.2) is 14.6 Å². The number of rotatable bonds is 6. The monoisotopic (exact) mass is 531 g/mol. The van der Waals surface area contributed by atoms with Crippen molar-refractivity contribution < 1.29 is 29.3 Å². The van der Waals surface area contributed by atoms with Gasteiger partial charge in [0, 0.05) is 37.1 Å². The maximum atomic E-state index is 11.7. The molecule has 2 aromatic carbocycles. The molecule has 0 radical (unpaired) electrons. The predicted molar refractivity (Wildman–Crippen MR) is 149 cm³/mol. The number of carbonyl (C=O) groups excluding carboxylic acids is 1. The highest BCUT2D eigenvalue weighted by molar-refractivity contribution is 6.27. The summed E-state index contributed by atoms with van der Waals surface area (Å²) < 4.78 is 6.01. The molecule has 1 amide bonds. The molecule has 2 aliphatic rings. The number of para-hydroxylation sites is 1. The highest BCUT2D eigenvalue weighted by atomic mass is 16.5. The van der Waals surface area contributed by atoms with Crippen molar-refractivity contribution in [1.82, 2.24) is 9.88 Å². The van der Waals surface area contributed by atoms with Gasteiger partial charge in [-0.05, 0) is 74.1 Å². The fraction of sp³-hybridized carbons (Fsp3) is 0.333. The summed E-state index contributed by atoms with van der Waals surface area (Å²) in [5.74, 6) is -2.64. The molecule has 0 spiro atoms. The van der Waals surface area contributed by atoms with Gasteiger partial charge in [0.2, 0.25) is 5.91 Å². The smallest absolute Gasteiger partial charge is 0.414 e. The average Bonchev–Trinajstić information content (AvgIpc) is 3.12. The third kappa shape index (κ3) is 8.38. The fourth-order valence-electron chi connectivity index (χ4n) is 4.70. The Morgan fingerprint density at radius 2 is 1.74 bits per heavy atom. The fourth-order valence-corrected chi connectivity index (χ4v) is 4.70. The standard InChI is InChI=1S/C28H31N3O2.C2H2O4/c32-28-8-3-6-23-20-25(11-12-27(23)30-28)33-18-4-15-31-16-13-21(14-17-31)19-24-10-9-22-5-1-2-7-26(22)29-24;3-1(4)2(5)6/h1-2,5,7,9-12,19-20H,3-4,6,8,13-18H2,(H,30,32);(H,3,4)(H,5,6). The first-order valence-corrected chi connectivity index (χ1v) is 13.2. The quantitative estimate of drug-likeness (QED) is 0.311. The Morgan fingerprint density at radius 1 is 0.974 bits per heavy atom. The molecular formula is C30H33N3O6. The van der Waals surface area contributed by atoms with Crippen molar-refractivity contribution in [3.05, 3.63) is 71.4 Å². The summed E-state index contributed by atoms with van der Waals surface area (Å²) in [6.45, 7) is 3.96. The molecule has 9 heteroatoms. The summed E-state index contributed by atoms with van der Waals surface area (Å²) in [5, 5.41) is 18.9. The number of nitrogens with one attached hydrogen (secondary N) is 1. The van der Waals surface area contributed by atoms with E-state index in [2.05, 4.69) is 52.7 Å². The summed E-state index contributed by atoms with van der Waals surface area (Å²) in [6.07, 6.45) is 7.90. The van der Waals surface area contributed by atoms with Crippen LogP contribution >= 0.6 is 0 Å². The Balaban J connectivity index is 0.000000531. The van der Waals surface area contributed by atoms with Crippen molar-refractivity contribution in [1.29, 1.82) is 0 Å². The second-order valence-corrected chi connectivity index (χ2v) is 9.61. The van der Waals surface area contributed by atoms with E-state index in [0.29, 0.717) is 13.0 Å². The molecule has 0 unspecified atom stereocenters. The molecule has 39 heavy (non-hydrogen) atoms. The normalized spacial score (nSPS) is 15.3. The van der Waals surface area contributed by atoms with Crippen LogP contribution in [-0.4, -0.2) is 64.2 Å². The van der Waals surface area contributed by atoms with Gasteiger partial charge in [0.25, 0.3) is 0 Å². The zero-order valence-electron chi connectivity index (χ0n) is 21.8. The molecule has 3 N–H and O–H groups in total. The number of hydrogen-bond donors (Lipinski definition) is 3. The molecule has 3 heterocycles. The maximum absolute atomic E-state index is 11.7. The molecule has 2 aliphatic heterocycles. The van der Waals surface area contributed by atoms with Gasteiger partial charge < -0.3 is 25.2 Å². The molecule has 0 bridgehead atoms. The highest BCUT2D eigenvalue weighted by Gasteiger charge is 2.15. The number of carboxylic acid groups (broad SMARTS) is 2. The number of ether oxygens (including phenoxy) is 1. The molecule has 5 rings (SSSR count). The van der Waals surface area contributed by atoms with Crippen LogP contribution in [0, 0.1) is 0 Å². The van der Waals surface area contributed by atoms with Crippen LogP contribution in [0.3, 0.4) is 0 Å². The van der Waals surface area contributed by atoms with Gasteiger partial charge >= 0.3 is 11.9 Å². The second kappa shape index (κ2) is 13.5. The molecule has 0 saturated carbocycles. The van der Waals surface area contributed by atoms with Crippen LogP contribution in [0.5, 0.6) is 5.75 Å². The van der Waals surface area contributed by atoms with Crippen LogP contribution < -0.4 is 10.1 Å². The van der Waals surface area contributed by atoms with Crippen LogP contribution in [0.2, 0.25) is 0 Å². The minimum Gasteiger partial charge on any atom is -0.494 e. The highest BCUT2D eigenvalue weighted by Crippen LogP contribution is 2.27. The number of amides is 1. The molecule has 0 aliphatic carbocycles. The lowest BCUT2D eigenvalue weighted by Crippen LogP contribution is -2.32. The Kier molecular flexibility index (Phi) is 9.64. The molecule has 1 aromatic heterocycles. The number of aliphatic carboxylic acids is 2. The van der Waals surface area contributed by atoms with E-state index in [4.69, 9.17) is 29.5 Å². The van der Waals surface area contributed by atoms with E-state index >= 15 is 0 Å². The number of carbonyl (C=O) groups is 3. The lowest BCUT2D eigenvalue weighted by atomic mass is 10.0. The lowest BCUT2D eigenvalue weighted by Gasteiger charge is -2.28. The van der Waals surface area contributed by atoms with Crippen LogP contribution in [0.25, 0.3) is 17.0 Å². The number of piperidine rings is 1. The number of fused-ring (bicyclic) bond motifs is 2. The molecule has 9 nitrogen and oxygen atoms in total. The SMILES string of the molecule is O=C(O)C(=O)O.O=C1CCCc2cc(OCCCN3CCC(=Cc4ccc5ccccc5n4)CC3)ccc2N1. The number of carboxylic acids is 2. The van der Waals surface area contributed by atoms with Crippen molar-refractivity contribution in [3.8, 4) is 5.75 Å². The van der Waals surface area contributed by atoms with Crippen LogP contribution in [0.1, 0.15) is 43.4 Å². The number of pyridine rings is 1. The maximum Gasteiger partial charge on any atom is 0.414 e. The summed E-state index contributed by atoms with van der Waals surface area (Å²) >= 11 is 0. The Hall–Kier alpha value is -4.24. The molecular weight excluding hydrogens is 498 g/mol. The zero-order valence-corrected chi connectivity index (χ0v) is 21.8. The van der Waals surface area contributed by atoms with Gasteiger partial charge in [0.15, 0.2) is 0 Å². The second-order valence-electron chi connectivity index (χ2n) is 9.61. The van der Waals surface area contributed by atoms with Crippen molar-refractivity contribution >= 4 is 40.5 Å². The number of anilines is 1. The van der Waals surface area contributed by atoms with E-state index in [9.17, 15) is 4.79 Å². The first-order chi connectivity index (χ1) is 18.9. The third-order valence-electron chi connectivity index (χ3n) is 6.74. The van der Waals surface area contributed by atoms with Gasteiger partial charge in [-0.3, -0.25) is 4.79 Å². The minimum atomic E-state index is -1.82. The number of aromatic nitrogens is 1. The van der Waals surface area contributed by atoms with Crippen LogP contribution in [0.15, 0.2) is 60.2 Å². The number of hydrogen-bond acceptors (Lipinski definition) is 6. The molecule has 204 valence electrons. The van der Waals surface area contributed by atoms with E-state index in [0.717, 1.165) is 74.4 Å². The summed E-state index contributed by atoms with van der Waals surface area (Å²) in [6, 6.07) is 18.6. The van der Waals surface area contributed by atoms with Gasteiger partial charge in [-0.2, -0.15) is 0 Å².